The van der Waals surface area contributed by atoms with E-state index in [-0.39, 0.29) is 12.1 Å². The Morgan fingerprint density at radius 1 is 0.875 bits per heavy atom. The molecule has 1 amide bonds. The van der Waals surface area contributed by atoms with Gasteiger partial charge in [0.05, 0.1) is 12.2 Å². The molecule has 0 radical (unpaired) electrons. The number of piperazine rings is 1. The minimum Gasteiger partial charge on any atom is -0.459 e. The van der Waals surface area contributed by atoms with Gasteiger partial charge in [0, 0.05) is 83.6 Å². The van der Waals surface area contributed by atoms with Crippen molar-refractivity contribution in [3.05, 3.63) is 60.4 Å². The van der Waals surface area contributed by atoms with Crippen molar-refractivity contribution in [1.29, 1.82) is 0 Å². The topological polar surface area (TPSA) is 116 Å². The highest BCUT2D eigenvalue weighted by Crippen LogP contribution is 2.22. The molecular weight excluding hydrogens is 608 g/mol. The van der Waals surface area contributed by atoms with Crippen molar-refractivity contribution in [2.45, 2.75) is 65.7 Å². The van der Waals surface area contributed by atoms with Crippen molar-refractivity contribution in [3.63, 3.8) is 0 Å². The maximum atomic E-state index is 12.2. The van der Waals surface area contributed by atoms with E-state index in [2.05, 4.69) is 42.1 Å². The van der Waals surface area contributed by atoms with Crippen LogP contribution in [0.25, 0.3) is 11.3 Å². The van der Waals surface area contributed by atoms with Crippen LogP contribution in [0, 0.1) is 0 Å². The molecule has 1 aliphatic rings. The largest absolute Gasteiger partial charge is 0.459 e. The predicted octanol–water partition coefficient (Wildman–Crippen LogP) is 5.43. The second kappa shape index (κ2) is 16.2. The minimum atomic E-state index is -0.510. The molecular formula is C36H52N8O4. The van der Waals surface area contributed by atoms with Gasteiger partial charge in [-0.25, -0.2) is 19.7 Å². The molecule has 1 aromatic carbocycles. The molecule has 12 nitrogen and oxygen atoms in total. The fraction of sp³-hybridized carbons (Fsp3) is 0.528. The third-order valence-corrected chi connectivity index (χ3v) is 7.61. The first-order valence-electron chi connectivity index (χ1n) is 16.6. The van der Waals surface area contributed by atoms with Gasteiger partial charge in [-0.1, -0.05) is 12.1 Å². The molecule has 3 heterocycles. The lowest BCUT2D eigenvalue weighted by atomic mass is 10.1. The molecule has 0 atom stereocenters. The number of benzene rings is 1. The lowest BCUT2D eigenvalue weighted by molar-refractivity contribution is -0.156. The molecule has 3 aromatic rings. The van der Waals surface area contributed by atoms with E-state index in [0.29, 0.717) is 19.0 Å². The van der Waals surface area contributed by atoms with Gasteiger partial charge in [-0.05, 0) is 83.9 Å². The first-order chi connectivity index (χ1) is 22.6. The zero-order valence-corrected chi connectivity index (χ0v) is 29.8. The number of carbonyl (C=O) groups excluding carboxylic acids is 2. The van der Waals surface area contributed by atoms with Gasteiger partial charge in [-0.3, -0.25) is 14.6 Å². The van der Waals surface area contributed by atoms with E-state index in [4.69, 9.17) is 14.5 Å². The Morgan fingerprint density at radius 3 is 2.25 bits per heavy atom. The van der Waals surface area contributed by atoms with Crippen molar-refractivity contribution in [2.24, 2.45) is 0 Å². The summed E-state index contributed by atoms with van der Waals surface area (Å²) < 4.78 is 10.9. The number of amides is 1. The van der Waals surface area contributed by atoms with Crippen molar-refractivity contribution < 1.29 is 19.1 Å². The van der Waals surface area contributed by atoms with E-state index in [1.165, 1.54) is 5.56 Å². The van der Waals surface area contributed by atoms with E-state index in [9.17, 15) is 9.59 Å². The zero-order chi connectivity index (χ0) is 34.9. The Balaban J connectivity index is 1.26. The van der Waals surface area contributed by atoms with Crippen LogP contribution in [0.2, 0.25) is 0 Å². The summed E-state index contributed by atoms with van der Waals surface area (Å²) in [6.45, 7) is 17.2. The summed E-state index contributed by atoms with van der Waals surface area (Å²) in [4.78, 5) is 46.5. The molecule has 0 unspecified atom stereocenters. The Kier molecular flexibility index (Phi) is 12.3. The van der Waals surface area contributed by atoms with Crippen molar-refractivity contribution in [1.82, 2.24) is 29.7 Å². The molecule has 0 saturated carbocycles. The van der Waals surface area contributed by atoms with E-state index in [1.807, 2.05) is 85.1 Å². The molecule has 260 valence electrons. The number of hydrogen-bond donors (Lipinski definition) is 1. The molecule has 1 saturated heterocycles. The Bertz CT molecular complexity index is 1490. The van der Waals surface area contributed by atoms with E-state index >= 15 is 0 Å². The van der Waals surface area contributed by atoms with E-state index in [1.54, 1.807) is 18.1 Å². The summed E-state index contributed by atoms with van der Waals surface area (Å²) >= 11 is 0. The number of rotatable bonds is 12. The predicted molar refractivity (Wildman–Crippen MR) is 189 cm³/mol. The van der Waals surface area contributed by atoms with Gasteiger partial charge < -0.3 is 24.6 Å². The van der Waals surface area contributed by atoms with Crippen LogP contribution >= 0.6 is 0 Å². The fourth-order valence-corrected chi connectivity index (χ4v) is 5.23. The van der Waals surface area contributed by atoms with Crippen LogP contribution in [-0.2, 0) is 20.8 Å². The van der Waals surface area contributed by atoms with Gasteiger partial charge in [-0.15, -0.1) is 0 Å². The van der Waals surface area contributed by atoms with Gasteiger partial charge in [0.2, 0.25) is 5.95 Å². The second-order valence-electron chi connectivity index (χ2n) is 14.3. The SMILES string of the molecule is CN(CCCN(C)c1ccc(-c2ccnc(Nc3cccc(CN4CCN(CC(=O)OC(C)(C)C)CC4)c3)n2)cn1)C(=O)OC(C)(C)C. The van der Waals surface area contributed by atoms with E-state index in [0.717, 1.165) is 68.5 Å². The molecule has 1 fully saturated rings. The molecule has 4 rings (SSSR count). The van der Waals surface area contributed by atoms with Gasteiger partial charge in [0.15, 0.2) is 0 Å². The lowest BCUT2D eigenvalue weighted by Crippen LogP contribution is -2.48. The average molecular weight is 661 g/mol. The van der Waals surface area contributed by atoms with Gasteiger partial charge in [0.1, 0.15) is 17.0 Å². The second-order valence-corrected chi connectivity index (χ2v) is 14.3. The van der Waals surface area contributed by atoms with Crippen LogP contribution in [0.5, 0.6) is 0 Å². The van der Waals surface area contributed by atoms with Crippen LogP contribution in [0.1, 0.15) is 53.5 Å². The quantitative estimate of drug-likeness (QED) is 0.251. The first-order valence-corrected chi connectivity index (χ1v) is 16.6. The van der Waals surface area contributed by atoms with Gasteiger partial charge in [-0.2, -0.15) is 0 Å². The molecule has 1 aliphatic heterocycles. The summed E-state index contributed by atoms with van der Waals surface area (Å²) in [5.74, 6) is 1.18. The highest BCUT2D eigenvalue weighted by molar-refractivity contribution is 5.72. The number of esters is 1. The van der Waals surface area contributed by atoms with Crippen LogP contribution in [-0.4, -0.2) is 113 Å². The monoisotopic (exact) mass is 660 g/mol. The molecule has 0 aliphatic carbocycles. The zero-order valence-electron chi connectivity index (χ0n) is 29.8. The molecule has 12 heteroatoms. The highest BCUT2D eigenvalue weighted by Gasteiger charge is 2.23. The molecule has 1 N–H and O–H groups in total. The third kappa shape index (κ3) is 12.1. The summed E-state index contributed by atoms with van der Waals surface area (Å²) in [5, 5.41) is 3.36. The summed E-state index contributed by atoms with van der Waals surface area (Å²) in [6, 6.07) is 14.1. The average Bonchev–Trinajstić information content (AvgIpc) is 3.00. The molecule has 0 spiro atoms. The highest BCUT2D eigenvalue weighted by atomic mass is 16.6. The normalized spacial score (nSPS) is 14.3. The van der Waals surface area contributed by atoms with Gasteiger partial charge >= 0.3 is 12.1 Å². The smallest absolute Gasteiger partial charge is 0.410 e. The number of pyridine rings is 1. The number of nitrogens with one attached hydrogen (secondary N) is 1. The Morgan fingerprint density at radius 2 is 1.58 bits per heavy atom. The maximum absolute atomic E-state index is 12.2. The van der Waals surface area contributed by atoms with Crippen LogP contribution in [0.15, 0.2) is 54.9 Å². The van der Waals surface area contributed by atoms with Crippen LogP contribution in [0.4, 0.5) is 22.2 Å². The standard InChI is InChI=1S/C36H52N8O4/c1-35(2,3)47-32(45)26-44-21-19-43(20-22-44)25-27-11-9-12-29(23-27)39-33-37-16-15-30(40-33)28-13-14-31(38-24-28)41(7)17-10-18-42(8)34(46)48-36(4,5)6/h9,11-16,23-24H,10,17-22,25-26H2,1-8H3,(H,37,39,40). The first kappa shape index (κ1) is 36.5. The third-order valence-electron chi connectivity index (χ3n) is 7.61. The van der Waals surface area contributed by atoms with Crippen molar-refractivity contribution in [3.8, 4) is 11.3 Å². The molecule has 48 heavy (non-hydrogen) atoms. The van der Waals surface area contributed by atoms with Crippen LogP contribution < -0.4 is 10.2 Å². The summed E-state index contributed by atoms with van der Waals surface area (Å²) in [7, 11) is 3.74. The number of anilines is 3. The summed E-state index contributed by atoms with van der Waals surface area (Å²) in [6.07, 6.45) is 4.03. The van der Waals surface area contributed by atoms with Crippen molar-refractivity contribution in [2.75, 3.05) is 70.1 Å². The lowest BCUT2D eigenvalue weighted by Gasteiger charge is -2.34. The minimum absolute atomic E-state index is 0.171. The van der Waals surface area contributed by atoms with Crippen LogP contribution in [0.3, 0.4) is 0 Å². The summed E-state index contributed by atoms with van der Waals surface area (Å²) in [5.41, 5.74) is 2.80. The number of aromatic nitrogens is 3. The van der Waals surface area contributed by atoms with Gasteiger partial charge in [0.25, 0.3) is 0 Å². The maximum Gasteiger partial charge on any atom is 0.410 e. The fourth-order valence-electron chi connectivity index (χ4n) is 5.23. The number of carbonyl (C=O) groups is 2. The number of hydrogen-bond acceptors (Lipinski definition) is 11. The molecule has 0 bridgehead atoms. The van der Waals surface area contributed by atoms with E-state index < -0.39 is 11.2 Å². The number of nitrogens with zero attached hydrogens (tertiary/aromatic N) is 7. The Labute approximate surface area is 285 Å². The van der Waals surface area contributed by atoms with Crippen molar-refractivity contribution >= 4 is 29.5 Å². The molecule has 2 aromatic heterocycles. The Hall–Kier alpha value is -4.29. The number of ether oxygens (including phenoxy) is 2.